The molecule has 1 N–H and O–H groups in total. The summed E-state index contributed by atoms with van der Waals surface area (Å²) in [5, 5.41) is 9.74. The summed E-state index contributed by atoms with van der Waals surface area (Å²) < 4.78 is 0. The first-order chi connectivity index (χ1) is 7.01. The number of rotatable bonds is 1. The summed E-state index contributed by atoms with van der Waals surface area (Å²) in [5.74, 6) is 5.78. The van der Waals surface area contributed by atoms with Gasteiger partial charge in [-0.25, -0.2) is 0 Å². The molecule has 0 saturated carbocycles. The zero-order valence-corrected chi connectivity index (χ0v) is 13.2. The molecule has 0 aliphatic carbocycles. The van der Waals surface area contributed by atoms with Gasteiger partial charge in [-0.05, 0) is 0 Å². The van der Waals surface area contributed by atoms with Crippen molar-refractivity contribution in [3.05, 3.63) is 12.2 Å². The van der Waals surface area contributed by atoms with E-state index in [0.717, 1.165) is 0 Å². The lowest BCUT2D eigenvalue weighted by Gasteiger charge is -2.07. The first-order valence-corrected chi connectivity index (χ1v) is 12.4. The van der Waals surface area contributed by atoms with Crippen molar-refractivity contribution in [2.75, 3.05) is 0 Å². The molecule has 0 heterocycles. The van der Waals surface area contributed by atoms with Crippen LogP contribution in [0.1, 0.15) is 0 Å². The fraction of sp³-hybridized carbons (Fsp3) is 0.538. The Labute approximate surface area is 102 Å². The zero-order valence-electron chi connectivity index (χ0n) is 11.2. The maximum atomic E-state index is 9.74. The third-order valence-corrected chi connectivity index (χ3v) is 3.28. The van der Waals surface area contributed by atoms with Gasteiger partial charge in [-0.2, -0.15) is 0 Å². The molecule has 0 aliphatic rings. The molecule has 16 heavy (non-hydrogen) atoms. The molecule has 0 aromatic rings. The van der Waals surface area contributed by atoms with E-state index in [4.69, 9.17) is 0 Å². The lowest BCUT2D eigenvalue weighted by Crippen LogP contribution is -2.19. The van der Waals surface area contributed by atoms with Crippen LogP contribution in [0.25, 0.3) is 0 Å². The van der Waals surface area contributed by atoms with Gasteiger partial charge in [0, 0.05) is 5.57 Å². The molecular formula is C13H22OSi2. The van der Waals surface area contributed by atoms with E-state index in [0.29, 0.717) is 5.57 Å². The highest BCUT2D eigenvalue weighted by atomic mass is 28.3. The lowest BCUT2D eigenvalue weighted by molar-refractivity contribution is 0.274. The van der Waals surface area contributed by atoms with Crippen LogP contribution < -0.4 is 0 Å². The molecule has 88 valence electrons. The summed E-state index contributed by atoms with van der Waals surface area (Å²) in [6.45, 7) is 16.7. The van der Waals surface area contributed by atoms with E-state index in [-0.39, 0.29) is 0 Å². The van der Waals surface area contributed by atoms with Gasteiger partial charge < -0.3 is 5.11 Å². The van der Waals surface area contributed by atoms with E-state index < -0.39 is 22.3 Å². The number of aliphatic hydroxyl groups excluding tert-OH is 1. The van der Waals surface area contributed by atoms with Crippen LogP contribution in [0, 0.1) is 22.9 Å². The smallest absolute Gasteiger partial charge is 0.146 e. The van der Waals surface area contributed by atoms with Gasteiger partial charge in [-0.1, -0.05) is 57.7 Å². The molecule has 0 amide bonds. The molecule has 0 saturated heterocycles. The minimum absolute atomic E-state index is 0.521. The van der Waals surface area contributed by atoms with Gasteiger partial charge in [0.25, 0.3) is 0 Å². The first-order valence-electron chi connectivity index (χ1n) is 5.44. The Morgan fingerprint density at radius 3 is 1.81 bits per heavy atom. The minimum atomic E-state index is -1.43. The summed E-state index contributed by atoms with van der Waals surface area (Å²) >= 11 is 0. The fourth-order valence-electron chi connectivity index (χ4n) is 0.708. The van der Waals surface area contributed by atoms with Crippen molar-refractivity contribution in [3.8, 4) is 22.9 Å². The molecule has 0 aromatic carbocycles. The van der Waals surface area contributed by atoms with Crippen LogP contribution in [-0.2, 0) is 0 Å². The second-order valence-corrected chi connectivity index (χ2v) is 15.4. The van der Waals surface area contributed by atoms with Crippen LogP contribution >= 0.6 is 0 Å². The van der Waals surface area contributed by atoms with Gasteiger partial charge in [0.2, 0.25) is 0 Å². The van der Waals surface area contributed by atoms with Crippen molar-refractivity contribution < 1.29 is 5.11 Å². The van der Waals surface area contributed by atoms with Gasteiger partial charge in [0.15, 0.2) is 0 Å². The van der Waals surface area contributed by atoms with E-state index in [1.54, 1.807) is 0 Å². The highest BCUT2D eigenvalue weighted by Gasteiger charge is 2.11. The number of hydrogen-bond donors (Lipinski definition) is 1. The highest BCUT2D eigenvalue weighted by molar-refractivity contribution is 6.84. The van der Waals surface area contributed by atoms with Gasteiger partial charge >= 0.3 is 0 Å². The van der Waals surface area contributed by atoms with Crippen LogP contribution in [0.4, 0.5) is 0 Å². The van der Waals surface area contributed by atoms with E-state index in [9.17, 15) is 5.11 Å². The molecular weight excluding hydrogens is 228 g/mol. The van der Waals surface area contributed by atoms with Crippen LogP contribution in [0.15, 0.2) is 12.2 Å². The average molecular weight is 250 g/mol. The first kappa shape index (κ1) is 15.3. The summed E-state index contributed by atoms with van der Waals surface area (Å²) in [6, 6.07) is 0. The second-order valence-electron chi connectivity index (χ2n) is 5.95. The van der Waals surface area contributed by atoms with Crippen LogP contribution in [0.3, 0.4) is 0 Å². The molecule has 1 nitrogen and oxygen atoms in total. The molecule has 0 fully saturated rings. The SMILES string of the molecule is C=C(C#C[Si](C)(C)C)C(O)C#C[Si](C)(C)C. The van der Waals surface area contributed by atoms with Crippen LogP contribution in [0.5, 0.6) is 0 Å². The summed E-state index contributed by atoms with van der Waals surface area (Å²) in [7, 11) is -2.83. The third kappa shape index (κ3) is 8.55. The van der Waals surface area contributed by atoms with Crippen molar-refractivity contribution >= 4 is 16.1 Å². The van der Waals surface area contributed by atoms with Crippen molar-refractivity contribution in [2.45, 2.75) is 45.4 Å². The van der Waals surface area contributed by atoms with Gasteiger partial charge in [0.05, 0.1) is 0 Å². The summed E-state index contributed by atoms with van der Waals surface area (Å²) in [4.78, 5) is 0. The molecule has 0 aliphatic heterocycles. The van der Waals surface area contributed by atoms with Gasteiger partial charge in [-0.3, -0.25) is 0 Å². The van der Waals surface area contributed by atoms with E-state index >= 15 is 0 Å². The molecule has 1 atom stereocenters. The molecule has 0 bridgehead atoms. The van der Waals surface area contributed by atoms with Crippen LogP contribution in [-0.4, -0.2) is 27.4 Å². The van der Waals surface area contributed by atoms with Gasteiger partial charge in [0.1, 0.15) is 22.3 Å². The van der Waals surface area contributed by atoms with Crippen molar-refractivity contribution in [1.82, 2.24) is 0 Å². The Kier molecular flexibility index (Phi) is 5.28. The molecule has 0 rings (SSSR count). The Morgan fingerprint density at radius 1 is 1.00 bits per heavy atom. The van der Waals surface area contributed by atoms with Gasteiger partial charge in [-0.15, -0.1) is 11.1 Å². The van der Waals surface area contributed by atoms with Crippen LogP contribution in [0.2, 0.25) is 39.3 Å². The maximum absolute atomic E-state index is 9.74. The maximum Gasteiger partial charge on any atom is 0.146 e. The average Bonchev–Trinajstić information content (AvgIpc) is 2.07. The quantitative estimate of drug-likeness (QED) is 0.560. The molecule has 1 unspecified atom stereocenters. The molecule has 0 aromatic heterocycles. The van der Waals surface area contributed by atoms with Crippen molar-refractivity contribution in [1.29, 1.82) is 0 Å². The predicted molar refractivity (Wildman–Crippen MR) is 77.4 cm³/mol. The van der Waals surface area contributed by atoms with E-state index in [1.807, 2.05) is 0 Å². The van der Waals surface area contributed by atoms with E-state index in [2.05, 4.69) is 68.8 Å². The Hall–Kier alpha value is -0.746. The Balaban J connectivity index is 4.62. The molecule has 3 heteroatoms. The number of hydrogen-bond acceptors (Lipinski definition) is 1. The summed E-state index contributed by atoms with van der Waals surface area (Å²) in [5.41, 5.74) is 6.82. The zero-order chi connectivity index (χ0) is 13.0. The Bertz CT molecular complexity index is 375. The third-order valence-electron chi connectivity index (χ3n) is 1.51. The summed E-state index contributed by atoms with van der Waals surface area (Å²) in [6.07, 6.45) is -0.796. The van der Waals surface area contributed by atoms with Crippen molar-refractivity contribution in [3.63, 3.8) is 0 Å². The highest BCUT2D eigenvalue weighted by Crippen LogP contribution is 2.02. The predicted octanol–water partition coefficient (Wildman–Crippen LogP) is 2.67. The minimum Gasteiger partial charge on any atom is -0.375 e. The monoisotopic (exact) mass is 250 g/mol. The number of aliphatic hydroxyl groups is 1. The largest absolute Gasteiger partial charge is 0.375 e. The van der Waals surface area contributed by atoms with Crippen molar-refractivity contribution in [2.24, 2.45) is 0 Å². The second kappa shape index (κ2) is 5.54. The Morgan fingerprint density at radius 2 is 1.44 bits per heavy atom. The fourth-order valence-corrected chi connectivity index (χ4v) is 1.81. The molecule has 0 radical (unpaired) electrons. The topological polar surface area (TPSA) is 20.2 Å². The van der Waals surface area contributed by atoms with E-state index in [1.165, 1.54) is 0 Å². The standard InChI is InChI=1S/C13H22OSi2/c1-12(8-10-15(2,3)4)13(14)9-11-16(5,6)7/h13-14H,1H2,2-7H3. The normalized spacial score (nSPS) is 12.9. The molecule has 0 spiro atoms. The lowest BCUT2D eigenvalue weighted by atomic mass is 10.2.